The molecule has 0 spiro atoms. The quantitative estimate of drug-likeness (QED) is 0.710. The molecule has 7 heteroatoms. The number of carbonyl (C=O) groups excluding carboxylic acids is 2. The largest absolute Gasteiger partial charge is 0.347 e. The number of para-hydroxylation sites is 3. The summed E-state index contributed by atoms with van der Waals surface area (Å²) in [6, 6.07) is 15.4. The van der Waals surface area contributed by atoms with Crippen LogP contribution in [-0.4, -0.2) is 33.2 Å². The highest BCUT2D eigenvalue weighted by Gasteiger charge is 2.48. The fourth-order valence-electron chi connectivity index (χ4n) is 3.34. The average molecular weight is 380 g/mol. The lowest BCUT2D eigenvalue weighted by atomic mass is 10.1. The van der Waals surface area contributed by atoms with E-state index in [4.69, 9.17) is 0 Å². The number of imidazole rings is 1. The van der Waals surface area contributed by atoms with Gasteiger partial charge in [-0.15, -0.1) is 0 Å². The lowest BCUT2D eigenvalue weighted by Gasteiger charge is -2.36. The van der Waals surface area contributed by atoms with Crippen molar-refractivity contribution in [3.05, 3.63) is 54.4 Å². The van der Waals surface area contributed by atoms with Gasteiger partial charge in [0.15, 0.2) is 4.75 Å². The molecule has 0 saturated heterocycles. The summed E-state index contributed by atoms with van der Waals surface area (Å²) in [6.07, 6.45) is 0. The van der Waals surface area contributed by atoms with Crippen molar-refractivity contribution in [1.82, 2.24) is 14.9 Å². The van der Waals surface area contributed by atoms with Crippen LogP contribution < -0.4 is 10.2 Å². The number of aromatic nitrogens is 2. The first-order chi connectivity index (χ1) is 12.9. The zero-order chi connectivity index (χ0) is 19.2. The Kier molecular flexibility index (Phi) is 4.19. The Morgan fingerprint density at radius 2 is 1.85 bits per heavy atom. The lowest BCUT2D eigenvalue weighted by molar-refractivity contribution is -0.131. The molecule has 0 saturated carbocycles. The molecule has 0 bridgehead atoms. The van der Waals surface area contributed by atoms with E-state index >= 15 is 0 Å². The van der Waals surface area contributed by atoms with Crippen LogP contribution in [0.15, 0.2) is 53.4 Å². The first-order valence-corrected chi connectivity index (χ1v) is 9.48. The molecule has 1 unspecified atom stereocenters. The molecule has 1 atom stereocenters. The molecule has 3 aromatic rings. The first kappa shape index (κ1) is 17.6. The SMILES string of the molecule is CN1C(=O)C(C)(C(=O)NCc2nc3ccccc3n2C)Sc2ccccc21. The van der Waals surface area contributed by atoms with E-state index in [1.54, 1.807) is 18.9 Å². The Labute approximate surface area is 161 Å². The van der Waals surface area contributed by atoms with Gasteiger partial charge in [-0.25, -0.2) is 4.98 Å². The number of nitrogens with zero attached hydrogens (tertiary/aromatic N) is 3. The van der Waals surface area contributed by atoms with Gasteiger partial charge in [0.25, 0.3) is 5.91 Å². The van der Waals surface area contributed by atoms with Gasteiger partial charge in [0.2, 0.25) is 5.91 Å². The van der Waals surface area contributed by atoms with Crippen molar-refractivity contribution in [3.63, 3.8) is 0 Å². The molecule has 0 aliphatic carbocycles. The number of nitrogens with one attached hydrogen (secondary N) is 1. The molecular formula is C20H20N4O2S. The van der Waals surface area contributed by atoms with Gasteiger partial charge in [-0.3, -0.25) is 9.59 Å². The molecule has 1 aliphatic rings. The van der Waals surface area contributed by atoms with E-state index in [1.165, 1.54) is 11.8 Å². The molecule has 2 amide bonds. The van der Waals surface area contributed by atoms with Crippen molar-refractivity contribution in [2.24, 2.45) is 7.05 Å². The summed E-state index contributed by atoms with van der Waals surface area (Å²) in [4.78, 5) is 32.9. The van der Waals surface area contributed by atoms with Crippen molar-refractivity contribution >= 4 is 40.3 Å². The van der Waals surface area contributed by atoms with Crippen LogP contribution >= 0.6 is 11.8 Å². The second kappa shape index (κ2) is 6.42. The highest BCUT2D eigenvalue weighted by Crippen LogP contribution is 2.44. The highest BCUT2D eigenvalue weighted by atomic mass is 32.2. The Balaban J connectivity index is 1.57. The summed E-state index contributed by atoms with van der Waals surface area (Å²) in [7, 11) is 3.63. The Morgan fingerprint density at radius 3 is 2.63 bits per heavy atom. The number of rotatable bonds is 3. The summed E-state index contributed by atoms with van der Waals surface area (Å²) in [5, 5.41) is 2.90. The minimum Gasteiger partial charge on any atom is -0.347 e. The van der Waals surface area contributed by atoms with Crippen LogP contribution in [0.4, 0.5) is 5.69 Å². The smallest absolute Gasteiger partial charge is 0.252 e. The van der Waals surface area contributed by atoms with Crippen molar-refractivity contribution in [2.75, 3.05) is 11.9 Å². The zero-order valence-corrected chi connectivity index (χ0v) is 16.2. The predicted molar refractivity (Wildman–Crippen MR) is 107 cm³/mol. The van der Waals surface area contributed by atoms with Gasteiger partial charge in [-0.05, 0) is 31.2 Å². The van der Waals surface area contributed by atoms with E-state index in [0.29, 0.717) is 0 Å². The molecule has 1 aromatic heterocycles. The third-order valence-electron chi connectivity index (χ3n) is 4.97. The van der Waals surface area contributed by atoms with Gasteiger partial charge in [0.1, 0.15) is 5.82 Å². The zero-order valence-electron chi connectivity index (χ0n) is 15.4. The standard InChI is InChI=1S/C20H20N4O2S/c1-20(19(26)24(3)15-10-6-7-11-16(15)27-20)18(25)21-12-17-22-13-8-4-5-9-14(13)23(17)2/h4-11H,12H2,1-3H3,(H,21,25). The molecule has 6 nitrogen and oxygen atoms in total. The summed E-state index contributed by atoms with van der Waals surface area (Å²) >= 11 is 1.29. The maximum absolute atomic E-state index is 13.0. The maximum Gasteiger partial charge on any atom is 0.252 e. The summed E-state index contributed by atoms with van der Waals surface area (Å²) in [5.74, 6) is 0.203. The van der Waals surface area contributed by atoms with Crippen LogP contribution in [-0.2, 0) is 23.2 Å². The molecule has 27 heavy (non-hydrogen) atoms. The molecule has 138 valence electrons. The van der Waals surface area contributed by atoms with Crippen LogP contribution in [0.5, 0.6) is 0 Å². The van der Waals surface area contributed by atoms with E-state index in [-0.39, 0.29) is 18.4 Å². The Bertz CT molecular complexity index is 1060. The normalized spacial score (nSPS) is 19.2. The van der Waals surface area contributed by atoms with Crippen molar-refractivity contribution in [1.29, 1.82) is 0 Å². The highest BCUT2D eigenvalue weighted by molar-refractivity contribution is 8.02. The number of hydrogen-bond acceptors (Lipinski definition) is 4. The predicted octanol–water partition coefficient (Wildman–Crippen LogP) is 2.72. The van der Waals surface area contributed by atoms with Gasteiger partial charge >= 0.3 is 0 Å². The molecule has 1 aliphatic heterocycles. The van der Waals surface area contributed by atoms with Crippen molar-refractivity contribution in [3.8, 4) is 0 Å². The maximum atomic E-state index is 13.0. The molecule has 0 fully saturated rings. The number of aryl methyl sites for hydroxylation is 1. The lowest BCUT2D eigenvalue weighted by Crippen LogP contribution is -2.55. The fourth-order valence-corrected chi connectivity index (χ4v) is 4.62. The molecule has 2 aromatic carbocycles. The molecule has 1 N–H and O–H groups in total. The van der Waals surface area contributed by atoms with E-state index in [1.807, 2.05) is 60.1 Å². The number of amides is 2. The molecular weight excluding hydrogens is 360 g/mol. The van der Waals surface area contributed by atoms with Gasteiger partial charge in [-0.1, -0.05) is 36.0 Å². The molecule has 0 radical (unpaired) electrons. The fraction of sp³-hybridized carbons (Fsp3) is 0.250. The first-order valence-electron chi connectivity index (χ1n) is 8.66. The number of carbonyl (C=O) groups is 2. The van der Waals surface area contributed by atoms with Crippen LogP contribution in [0.2, 0.25) is 0 Å². The number of anilines is 1. The van der Waals surface area contributed by atoms with Gasteiger partial charge in [0.05, 0.1) is 23.3 Å². The second-order valence-electron chi connectivity index (χ2n) is 6.73. The summed E-state index contributed by atoms with van der Waals surface area (Å²) in [5.41, 5.74) is 2.71. The summed E-state index contributed by atoms with van der Waals surface area (Å²) in [6.45, 7) is 1.94. The average Bonchev–Trinajstić information content (AvgIpc) is 3.00. The van der Waals surface area contributed by atoms with E-state index in [0.717, 1.165) is 27.4 Å². The van der Waals surface area contributed by atoms with Crippen LogP contribution in [0.25, 0.3) is 11.0 Å². The second-order valence-corrected chi connectivity index (χ2v) is 8.19. The number of fused-ring (bicyclic) bond motifs is 2. The number of benzene rings is 2. The van der Waals surface area contributed by atoms with E-state index in [2.05, 4.69) is 10.3 Å². The van der Waals surface area contributed by atoms with Crippen LogP contribution in [0.3, 0.4) is 0 Å². The van der Waals surface area contributed by atoms with Crippen molar-refractivity contribution < 1.29 is 9.59 Å². The monoisotopic (exact) mass is 380 g/mol. The Hall–Kier alpha value is -2.80. The minimum atomic E-state index is -1.21. The molecule has 4 rings (SSSR count). The van der Waals surface area contributed by atoms with E-state index < -0.39 is 4.75 Å². The third kappa shape index (κ3) is 2.78. The third-order valence-corrected chi connectivity index (χ3v) is 6.31. The van der Waals surface area contributed by atoms with Crippen molar-refractivity contribution in [2.45, 2.75) is 23.1 Å². The van der Waals surface area contributed by atoms with Gasteiger partial charge < -0.3 is 14.8 Å². The topological polar surface area (TPSA) is 67.2 Å². The minimum absolute atomic E-state index is 0.228. The van der Waals surface area contributed by atoms with Crippen LogP contribution in [0, 0.1) is 0 Å². The van der Waals surface area contributed by atoms with Gasteiger partial charge in [-0.2, -0.15) is 0 Å². The van der Waals surface area contributed by atoms with Crippen LogP contribution in [0.1, 0.15) is 12.7 Å². The number of thioether (sulfide) groups is 1. The summed E-state index contributed by atoms with van der Waals surface area (Å²) < 4.78 is 0.739. The number of hydrogen-bond donors (Lipinski definition) is 1. The van der Waals surface area contributed by atoms with E-state index in [9.17, 15) is 9.59 Å². The van der Waals surface area contributed by atoms with Gasteiger partial charge in [0, 0.05) is 19.0 Å². The molecule has 2 heterocycles. The Morgan fingerprint density at radius 1 is 1.15 bits per heavy atom.